The molecule has 6 unspecified atom stereocenters. The van der Waals surface area contributed by atoms with E-state index >= 15 is 0 Å². The molecule has 1 fully saturated rings. The van der Waals surface area contributed by atoms with Gasteiger partial charge in [-0.2, -0.15) is 0 Å². The predicted octanol–water partition coefficient (Wildman–Crippen LogP) is 7.61. The van der Waals surface area contributed by atoms with Gasteiger partial charge in [0, 0.05) is 12.8 Å². The molecule has 0 heterocycles. The number of unbranched alkanes of at least 4 members (excludes halogenated alkanes) is 14. The summed E-state index contributed by atoms with van der Waals surface area (Å²) in [5, 5.41) is 50.0. The van der Waals surface area contributed by atoms with Crippen molar-refractivity contribution in [2.24, 2.45) is 0 Å². The van der Waals surface area contributed by atoms with Crippen LogP contribution in [0.4, 0.5) is 0 Å². The summed E-state index contributed by atoms with van der Waals surface area (Å²) in [5.41, 5.74) is 0. The molecule has 1 aliphatic rings. The number of rotatable bonds is 34. The molecule has 1 rings (SSSR count). The maximum Gasteiger partial charge on any atom is 0.472 e. The molecule has 8 atom stereocenters. The lowest BCUT2D eigenvalue weighted by atomic mass is 9.85. The van der Waals surface area contributed by atoms with Gasteiger partial charge in [-0.3, -0.25) is 18.6 Å². The van der Waals surface area contributed by atoms with Gasteiger partial charge in [0.25, 0.3) is 0 Å². The van der Waals surface area contributed by atoms with E-state index in [4.69, 9.17) is 18.5 Å². The lowest BCUT2D eigenvalue weighted by molar-refractivity contribution is -0.220. The number of esters is 2. The van der Waals surface area contributed by atoms with Crippen molar-refractivity contribution >= 4 is 19.8 Å². The molecule has 0 aromatic carbocycles. The van der Waals surface area contributed by atoms with E-state index < -0.39 is 75.7 Å². The van der Waals surface area contributed by atoms with Crippen LogP contribution in [0.5, 0.6) is 0 Å². The topological polar surface area (TPSA) is 210 Å². The Morgan fingerprint density at radius 3 is 1.49 bits per heavy atom. The number of phosphoric ester groups is 1. The zero-order valence-electron chi connectivity index (χ0n) is 34.6. The van der Waals surface area contributed by atoms with Crippen LogP contribution in [0.1, 0.15) is 155 Å². The summed E-state index contributed by atoms with van der Waals surface area (Å²) < 4.78 is 33.3. The molecule has 0 aromatic heterocycles. The minimum absolute atomic E-state index is 0.0209. The first kappa shape index (κ1) is 52.8. The van der Waals surface area contributed by atoms with Gasteiger partial charge >= 0.3 is 19.8 Å². The first-order valence-electron chi connectivity index (χ1n) is 21.4. The molecule has 0 bridgehead atoms. The number of ether oxygens (including phenoxy) is 2. The highest BCUT2D eigenvalue weighted by molar-refractivity contribution is 7.47. The first-order valence-corrected chi connectivity index (χ1v) is 22.9. The largest absolute Gasteiger partial charge is 0.472 e. The molecule has 0 amide bonds. The molecule has 1 saturated carbocycles. The van der Waals surface area contributed by atoms with Crippen molar-refractivity contribution in [2.75, 3.05) is 13.2 Å². The van der Waals surface area contributed by atoms with Crippen LogP contribution in [0.25, 0.3) is 0 Å². The average molecular weight is 831 g/mol. The summed E-state index contributed by atoms with van der Waals surface area (Å²) in [7, 11) is -5.13. The van der Waals surface area contributed by atoms with Gasteiger partial charge in [0.15, 0.2) is 6.10 Å². The molecule has 0 radical (unpaired) electrons. The monoisotopic (exact) mass is 830 g/mol. The maximum absolute atomic E-state index is 12.8. The third-order valence-corrected chi connectivity index (χ3v) is 10.7. The number of aliphatic hydroxyl groups is 5. The second kappa shape index (κ2) is 33.6. The fourth-order valence-electron chi connectivity index (χ4n) is 6.16. The van der Waals surface area contributed by atoms with Gasteiger partial charge in [0.2, 0.25) is 0 Å². The minimum atomic E-state index is -5.13. The second-order valence-electron chi connectivity index (χ2n) is 14.8. The van der Waals surface area contributed by atoms with Crippen LogP contribution in [0.3, 0.4) is 0 Å². The van der Waals surface area contributed by atoms with Crippen LogP contribution in [0.15, 0.2) is 48.6 Å². The Bertz CT molecular complexity index is 1190. The number of hydrogen-bond acceptors (Lipinski definition) is 12. The highest BCUT2D eigenvalue weighted by Crippen LogP contribution is 2.47. The van der Waals surface area contributed by atoms with Crippen molar-refractivity contribution in [3.05, 3.63) is 48.6 Å². The molecule has 0 aliphatic heterocycles. The molecule has 330 valence electrons. The molecule has 13 nitrogen and oxygen atoms in total. The molecule has 6 N–H and O–H groups in total. The average Bonchev–Trinajstić information content (AvgIpc) is 3.19. The van der Waals surface area contributed by atoms with Gasteiger partial charge in [-0.05, 0) is 51.4 Å². The van der Waals surface area contributed by atoms with E-state index in [1.807, 2.05) is 12.2 Å². The number of allylic oxidation sites excluding steroid dienone is 8. The summed E-state index contributed by atoms with van der Waals surface area (Å²) >= 11 is 0. The van der Waals surface area contributed by atoms with Crippen LogP contribution in [0.2, 0.25) is 0 Å². The molecule has 1 aliphatic carbocycles. The van der Waals surface area contributed by atoms with E-state index in [-0.39, 0.29) is 12.8 Å². The van der Waals surface area contributed by atoms with Crippen molar-refractivity contribution in [2.45, 2.75) is 198 Å². The van der Waals surface area contributed by atoms with Crippen LogP contribution in [-0.4, -0.2) is 98.3 Å². The molecule has 0 aromatic rings. The van der Waals surface area contributed by atoms with Crippen LogP contribution in [-0.2, 0) is 32.7 Å². The highest BCUT2D eigenvalue weighted by atomic mass is 31.2. The summed E-state index contributed by atoms with van der Waals surface area (Å²) in [6.45, 7) is 3.19. The number of carbonyl (C=O) groups is 2. The SMILES string of the molecule is CCCCC/C=C/C/C=C/C/C=C/C/C=C/CCCC(=O)O[C@H](COC(=O)CCCCCCCCCCCCC)COP(=O)(O)OC1C(O)C(O)C(O)[C@@H](O)C1O. The second-order valence-corrected chi connectivity index (χ2v) is 16.3. The molecular weight excluding hydrogens is 755 g/mol. The van der Waals surface area contributed by atoms with E-state index in [9.17, 15) is 44.6 Å². The summed E-state index contributed by atoms with van der Waals surface area (Å²) in [6, 6.07) is 0. The maximum atomic E-state index is 12.8. The Balaban J connectivity index is 2.55. The highest BCUT2D eigenvalue weighted by Gasteiger charge is 2.51. The molecule has 0 spiro atoms. The van der Waals surface area contributed by atoms with Crippen LogP contribution >= 0.6 is 7.82 Å². The van der Waals surface area contributed by atoms with Crippen molar-refractivity contribution < 1.29 is 63.1 Å². The number of hydrogen-bond donors (Lipinski definition) is 6. The zero-order chi connectivity index (χ0) is 42.2. The Morgan fingerprint density at radius 1 is 0.544 bits per heavy atom. The zero-order valence-corrected chi connectivity index (χ0v) is 35.5. The van der Waals surface area contributed by atoms with Gasteiger partial charge < -0.3 is 39.9 Å². The third-order valence-electron chi connectivity index (χ3n) is 9.67. The lowest BCUT2D eigenvalue weighted by Crippen LogP contribution is -2.64. The van der Waals surface area contributed by atoms with Gasteiger partial charge in [0.05, 0.1) is 6.61 Å². The quantitative estimate of drug-likeness (QED) is 0.0160. The fourth-order valence-corrected chi connectivity index (χ4v) is 7.13. The van der Waals surface area contributed by atoms with E-state index in [1.165, 1.54) is 64.2 Å². The van der Waals surface area contributed by atoms with Gasteiger partial charge in [-0.15, -0.1) is 0 Å². The van der Waals surface area contributed by atoms with Gasteiger partial charge in [-0.25, -0.2) is 4.57 Å². The van der Waals surface area contributed by atoms with Crippen molar-refractivity contribution in [3.63, 3.8) is 0 Å². The summed E-state index contributed by atoms with van der Waals surface area (Å²) in [5.74, 6) is -1.17. The van der Waals surface area contributed by atoms with E-state index in [1.54, 1.807) is 0 Å². The smallest absolute Gasteiger partial charge is 0.462 e. The van der Waals surface area contributed by atoms with E-state index in [2.05, 4.69) is 50.3 Å². The normalized spacial score (nSPS) is 23.2. The Labute approximate surface area is 341 Å². The number of carbonyl (C=O) groups excluding carboxylic acids is 2. The Kier molecular flexibility index (Phi) is 31.2. The van der Waals surface area contributed by atoms with Gasteiger partial charge in [-0.1, -0.05) is 140 Å². The standard InChI is InChI=1S/C43H75O13P/c1-3-5-7-9-11-13-15-16-17-18-19-20-22-24-26-28-30-32-37(45)55-35(33-53-36(44)31-29-27-25-23-21-14-12-10-8-6-4-2)34-54-57(51,52)56-43-41(49)39(47)38(46)40(48)42(43)50/h11,13,16-17,19-20,24,26,35,38-43,46-50H,3-10,12,14-15,18,21-23,25,27-34H2,1-2H3,(H,51,52)/b13-11+,17-16+,20-19+,26-24+/t35-,38?,39-,40?,41?,42?,43?/m1/s1. The fraction of sp³-hybridized carbons (Fsp3) is 0.767. The van der Waals surface area contributed by atoms with Gasteiger partial charge in [0.1, 0.15) is 43.2 Å². The van der Waals surface area contributed by atoms with Crippen molar-refractivity contribution in [1.29, 1.82) is 0 Å². The van der Waals surface area contributed by atoms with Crippen molar-refractivity contribution in [1.82, 2.24) is 0 Å². The van der Waals surface area contributed by atoms with Crippen LogP contribution in [0, 0.1) is 0 Å². The Morgan fingerprint density at radius 2 is 0.965 bits per heavy atom. The minimum Gasteiger partial charge on any atom is -0.462 e. The third kappa shape index (κ3) is 26.5. The number of aliphatic hydroxyl groups excluding tert-OH is 5. The Hall–Kier alpha value is -2.19. The predicted molar refractivity (Wildman–Crippen MR) is 221 cm³/mol. The summed E-state index contributed by atoms with van der Waals surface area (Å²) in [6.07, 6.45) is 24.7. The van der Waals surface area contributed by atoms with Crippen molar-refractivity contribution in [3.8, 4) is 0 Å². The summed E-state index contributed by atoms with van der Waals surface area (Å²) in [4.78, 5) is 35.5. The van der Waals surface area contributed by atoms with Crippen LogP contribution < -0.4 is 0 Å². The molecular formula is C43H75O13P. The van der Waals surface area contributed by atoms with E-state index in [0.717, 1.165) is 44.9 Å². The van der Waals surface area contributed by atoms with E-state index in [0.29, 0.717) is 19.3 Å². The molecule has 0 saturated heterocycles. The molecule has 57 heavy (non-hydrogen) atoms. The lowest BCUT2D eigenvalue weighted by Gasteiger charge is -2.41. The molecule has 14 heteroatoms. The number of phosphoric acid groups is 1. The first-order chi connectivity index (χ1) is 27.4.